The Bertz CT molecular complexity index is 1540. The minimum Gasteiger partial charge on any atom is -0.0984 e. The minimum atomic E-state index is 0.0523. The Morgan fingerprint density at radius 3 is 1.82 bits per heavy atom. The average Bonchev–Trinajstić information content (AvgIpc) is 2.86. The van der Waals surface area contributed by atoms with E-state index in [1.165, 1.54) is 49.4 Å². The summed E-state index contributed by atoms with van der Waals surface area (Å²) in [7, 11) is 0. The van der Waals surface area contributed by atoms with Gasteiger partial charge in [0.2, 0.25) is 0 Å². The summed E-state index contributed by atoms with van der Waals surface area (Å²) in [6.45, 7) is 15.3. The maximum Gasteiger partial charge on any atom is -0.00264 e. The third-order valence-corrected chi connectivity index (χ3v) is 6.76. The first-order chi connectivity index (χ1) is 16.4. The molecule has 0 saturated heterocycles. The lowest BCUT2D eigenvalue weighted by atomic mass is 9.80. The predicted octanol–water partition coefficient (Wildman–Crippen LogP) is 9.91. The van der Waals surface area contributed by atoms with E-state index in [2.05, 4.69) is 125 Å². The van der Waals surface area contributed by atoms with Crippen molar-refractivity contribution in [2.75, 3.05) is 0 Å². The SMILES string of the molecule is C=Cc1c(C=C)c(-c2ccccc2)c2cc(C(C)(C)C)ccc2c1-c1ccc2ccccc2c1. The van der Waals surface area contributed by atoms with E-state index >= 15 is 0 Å². The molecule has 0 heteroatoms. The monoisotopic (exact) mass is 438 g/mol. The van der Waals surface area contributed by atoms with Gasteiger partial charge in [0.25, 0.3) is 0 Å². The lowest BCUT2D eigenvalue weighted by Crippen LogP contribution is -2.11. The molecule has 0 amide bonds. The molecular weight excluding hydrogens is 408 g/mol. The predicted molar refractivity (Wildman–Crippen MR) is 151 cm³/mol. The van der Waals surface area contributed by atoms with Crippen molar-refractivity contribution in [3.63, 3.8) is 0 Å². The van der Waals surface area contributed by atoms with E-state index in [4.69, 9.17) is 0 Å². The second-order valence-corrected chi connectivity index (χ2v) is 9.92. The normalized spacial score (nSPS) is 11.6. The number of fused-ring (bicyclic) bond motifs is 2. The molecule has 0 fully saturated rings. The van der Waals surface area contributed by atoms with Crippen molar-refractivity contribution in [3.05, 3.63) is 121 Å². The molecule has 0 spiro atoms. The van der Waals surface area contributed by atoms with Crippen LogP contribution in [0.1, 0.15) is 37.5 Å². The van der Waals surface area contributed by atoms with Crippen molar-refractivity contribution in [1.82, 2.24) is 0 Å². The van der Waals surface area contributed by atoms with Crippen LogP contribution in [0.5, 0.6) is 0 Å². The molecule has 0 nitrogen and oxygen atoms in total. The lowest BCUT2D eigenvalue weighted by molar-refractivity contribution is 0.591. The Hall–Kier alpha value is -3.90. The van der Waals surface area contributed by atoms with Crippen molar-refractivity contribution < 1.29 is 0 Å². The summed E-state index contributed by atoms with van der Waals surface area (Å²) >= 11 is 0. The first kappa shape index (κ1) is 21.9. The highest BCUT2D eigenvalue weighted by molar-refractivity contribution is 6.12. The van der Waals surface area contributed by atoms with Gasteiger partial charge in [-0.05, 0) is 78.0 Å². The van der Waals surface area contributed by atoms with E-state index in [0.717, 1.165) is 11.1 Å². The Kier molecular flexibility index (Phi) is 5.46. The molecule has 0 saturated carbocycles. The Morgan fingerprint density at radius 2 is 1.18 bits per heavy atom. The van der Waals surface area contributed by atoms with Crippen LogP contribution in [0.15, 0.2) is 104 Å². The second-order valence-electron chi connectivity index (χ2n) is 9.92. The van der Waals surface area contributed by atoms with Crippen LogP contribution in [0, 0.1) is 0 Å². The van der Waals surface area contributed by atoms with Gasteiger partial charge in [0.1, 0.15) is 0 Å². The summed E-state index contributed by atoms with van der Waals surface area (Å²) in [5.41, 5.74) is 8.45. The summed E-state index contributed by atoms with van der Waals surface area (Å²) in [5.74, 6) is 0. The molecule has 166 valence electrons. The van der Waals surface area contributed by atoms with Gasteiger partial charge in [-0.2, -0.15) is 0 Å². The third-order valence-electron chi connectivity index (χ3n) is 6.76. The molecular formula is C34H30. The zero-order chi connectivity index (χ0) is 23.9. The van der Waals surface area contributed by atoms with Gasteiger partial charge < -0.3 is 0 Å². The zero-order valence-electron chi connectivity index (χ0n) is 20.2. The van der Waals surface area contributed by atoms with Crippen LogP contribution in [0.3, 0.4) is 0 Å². The Balaban J connectivity index is 1.96. The number of benzene rings is 5. The highest BCUT2D eigenvalue weighted by atomic mass is 14.2. The van der Waals surface area contributed by atoms with Crippen LogP contribution in [0.2, 0.25) is 0 Å². The molecule has 0 N–H and O–H groups in total. The summed E-state index contributed by atoms with van der Waals surface area (Å²) in [6, 6.07) is 32.9. The van der Waals surface area contributed by atoms with Crippen molar-refractivity contribution in [2.45, 2.75) is 26.2 Å². The molecule has 0 bridgehead atoms. The molecule has 0 aromatic heterocycles. The van der Waals surface area contributed by atoms with Crippen molar-refractivity contribution in [2.24, 2.45) is 0 Å². The number of hydrogen-bond acceptors (Lipinski definition) is 0. The Labute approximate surface area is 202 Å². The van der Waals surface area contributed by atoms with Crippen LogP contribution >= 0.6 is 0 Å². The van der Waals surface area contributed by atoms with Crippen LogP contribution < -0.4 is 0 Å². The van der Waals surface area contributed by atoms with E-state index in [-0.39, 0.29) is 5.41 Å². The molecule has 0 atom stereocenters. The lowest BCUT2D eigenvalue weighted by Gasteiger charge is -2.24. The van der Waals surface area contributed by atoms with Gasteiger partial charge in [-0.25, -0.2) is 0 Å². The van der Waals surface area contributed by atoms with Gasteiger partial charge in [0.15, 0.2) is 0 Å². The summed E-state index contributed by atoms with van der Waals surface area (Å²) < 4.78 is 0. The minimum absolute atomic E-state index is 0.0523. The van der Waals surface area contributed by atoms with Gasteiger partial charge >= 0.3 is 0 Å². The second kappa shape index (κ2) is 8.47. The number of hydrogen-bond donors (Lipinski definition) is 0. The van der Waals surface area contributed by atoms with Crippen molar-refractivity contribution in [1.29, 1.82) is 0 Å². The van der Waals surface area contributed by atoms with Crippen molar-refractivity contribution in [3.8, 4) is 22.3 Å². The molecule has 34 heavy (non-hydrogen) atoms. The van der Waals surface area contributed by atoms with E-state index < -0.39 is 0 Å². The Morgan fingerprint density at radius 1 is 0.559 bits per heavy atom. The molecule has 0 aliphatic carbocycles. The topological polar surface area (TPSA) is 0 Å². The van der Waals surface area contributed by atoms with Gasteiger partial charge in [-0.3, -0.25) is 0 Å². The van der Waals surface area contributed by atoms with Gasteiger partial charge in [0.05, 0.1) is 0 Å². The quantitative estimate of drug-likeness (QED) is 0.262. The molecule has 5 aromatic rings. The highest BCUT2D eigenvalue weighted by Crippen LogP contribution is 2.44. The average molecular weight is 439 g/mol. The van der Waals surface area contributed by atoms with E-state index in [1.807, 2.05) is 12.2 Å². The zero-order valence-corrected chi connectivity index (χ0v) is 20.2. The first-order valence-corrected chi connectivity index (χ1v) is 11.9. The van der Waals surface area contributed by atoms with Crippen molar-refractivity contribution >= 4 is 33.7 Å². The van der Waals surface area contributed by atoms with E-state index in [9.17, 15) is 0 Å². The van der Waals surface area contributed by atoms with Crippen LogP contribution in [-0.2, 0) is 5.41 Å². The molecule has 0 aliphatic heterocycles. The van der Waals surface area contributed by atoms with Crippen LogP contribution in [0.25, 0.3) is 56.0 Å². The summed E-state index contributed by atoms with van der Waals surface area (Å²) in [5, 5.41) is 4.97. The molecule has 0 radical (unpaired) electrons. The van der Waals surface area contributed by atoms with Gasteiger partial charge in [-0.15, -0.1) is 0 Å². The molecule has 5 aromatic carbocycles. The standard InChI is InChI=1S/C34H30/c1-6-28-29(7-2)33(26-18-17-23-13-11-12-16-25(23)21-26)30-20-19-27(34(3,4)5)22-31(30)32(28)24-14-9-8-10-15-24/h6-22H,1-2H2,3-5H3. The van der Waals surface area contributed by atoms with E-state index in [0.29, 0.717) is 0 Å². The summed E-state index contributed by atoms with van der Waals surface area (Å²) in [4.78, 5) is 0. The molecule has 0 unspecified atom stereocenters. The molecule has 0 aliphatic rings. The van der Waals surface area contributed by atoms with Crippen LogP contribution in [0.4, 0.5) is 0 Å². The van der Waals surface area contributed by atoms with Crippen LogP contribution in [-0.4, -0.2) is 0 Å². The van der Waals surface area contributed by atoms with Gasteiger partial charge in [-0.1, -0.05) is 125 Å². The first-order valence-electron chi connectivity index (χ1n) is 11.9. The van der Waals surface area contributed by atoms with Gasteiger partial charge in [0, 0.05) is 0 Å². The molecule has 5 rings (SSSR count). The van der Waals surface area contributed by atoms with E-state index in [1.54, 1.807) is 0 Å². The maximum absolute atomic E-state index is 4.24. The summed E-state index contributed by atoms with van der Waals surface area (Å²) in [6.07, 6.45) is 3.98. The maximum atomic E-state index is 4.24. The molecule has 0 heterocycles. The highest BCUT2D eigenvalue weighted by Gasteiger charge is 2.21. The largest absolute Gasteiger partial charge is 0.0984 e. The fraction of sp³-hybridized carbons (Fsp3) is 0.118. The smallest absolute Gasteiger partial charge is 0.00264 e. The number of rotatable bonds is 4. The fourth-order valence-corrected chi connectivity index (χ4v) is 4.99. The fourth-order valence-electron chi connectivity index (χ4n) is 4.99. The third kappa shape index (κ3) is 3.66.